The first-order valence-electron chi connectivity index (χ1n) is 7.75. The van der Waals surface area contributed by atoms with Gasteiger partial charge in [-0.25, -0.2) is 4.79 Å². The Hall–Kier alpha value is -2.24. The molecule has 1 saturated carbocycles. The van der Waals surface area contributed by atoms with Gasteiger partial charge in [-0.15, -0.1) is 0 Å². The van der Waals surface area contributed by atoms with E-state index in [1.165, 1.54) is 18.9 Å². The zero-order chi connectivity index (χ0) is 17.1. The SMILES string of the molecule is COc1cc(C(=O)N(C2CC2)C(C)C(=O)O)ccc1OC(C)C. The Morgan fingerprint density at radius 3 is 2.35 bits per heavy atom. The number of nitrogens with zero attached hydrogens (tertiary/aromatic N) is 1. The van der Waals surface area contributed by atoms with E-state index in [4.69, 9.17) is 9.47 Å². The second-order valence-electron chi connectivity index (χ2n) is 5.99. The molecule has 0 aliphatic heterocycles. The molecule has 0 radical (unpaired) electrons. The highest BCUT2D eigenvalue weighted by molar-refractivity contribution is 5.97. The van der Waals surface area contributed by atoms with Gasteiger partial charge in [0.05, 0.1) is 13.2 Å². The lowest BCUT2D eigenvalue weighted by atomic mass is 10.1. The molecule has 1 unspecified atom stereocenters. The molecule has 6 nitrogen and oxygen atoms in total. The number of aliphatic carboxylic acids is 1. The predicted molar refractivity (Wildman–Crippen MR) is 85.0 cm³/mol. The average molecular weight is 321 g/mol. The van der Waals surface area contributed by atoms with Gasteiger partial charge >= 0.3 is 5.97 Å². The van der Waals surface area contributed by atoms with Gasteiger partial charge in [0.1, 0.15) is 6.04 Å². The number of methoxy groups -OCH3 is 1. The molecule has 126 valence electrons. The van der Waals surface area contributed by atoms with Crippen molar-refractivity contribution in [3.05, 3.63) is 23.8 Å². The summed E-state index contributed by atoms with van der Waals surface area (Å²) in [5, 5.41) is 9.23. The van der Waals surface area contributed by atoms with Gasteiger partial charge in [-0.3, -0.25) is 4.79 Å². The van der Waals surface area contributed by atoms with Crippen LogP contribution in [0.5, 0.6) is 11.5 Å². The van der Waals surface area contributed by atoms with Gasteiger partial charge in [-0.05, 0) is 51.8 Å². The Balaban J connectivity index is 2.28. The summed E-state index contributed by atoms with van der Waals surface area (Å²) in [5.74, 6) is -0.277. The normalized spacial score (nSPS) is 15.2. The van der Waals surface area contributed by atoms with Crippen LogP contribution in [0.25, 0.3) is 0 Å². The maximum atomic E-state index is 12.7. The summed E-state index contributed by atoms with van der Waals surface area (Å²) in [6.07, 6.45) is 1.67. The minimum atomic E-state index is -1.00. The lowest BCUT2D eigenvalue weighted by Crippen LogP contribution is -2.44. The van der Waals surface area contributed by atoms with E-state index in [0.29, 0.717) is 17.1 Å². The number of hydrogen-bond acceptors (Lipinski definition) is 4. The Kier molecular flexibility index (Phi) is 5.13. The van der Waals surface area contributed by atoms with Gasteiger partial charge < -0.3 is 19.5 Å². The van der Waals surface area contributed by atoms with Gasteiger partial charge in [-0.2, -0.15) is 0 Å². The lowest BCUT2D eigenvalue weighted by molar-refractivity contribution is -0.141. The maximum Gasteiger partial charge on any atom is 0.326 e. The number of amides is 1. The summed E-state index contributed by atoms with van der Waals surface area (Å²) < 4.78 is 10.9. The molecule has 1 aromatic carbocycles. The zero-order valence-corrected chi connectivity index (χ0v) is 13.9. The van der Waals surface area contributed by atoms with Crippen molar-refractivity contribution in [3.63, 3.8) is 0 Å². The number of carboxylic acid groups (broad SMARTS) is 1. The molecule has 1 aliphatic carbocycles. The van der Waals surface area contributed by atoms with Crippen molar-refractivity contribution in [3.8, 4) is 11.5 Å². The number of rotatable bonds is 7. The van der Waals surface area contributed by atoms with Crippen LogP contribution in [-0.2, 0) is 4.79 Å². The summed E-state index contributed by atoms with van der Waals surface area (Å²) in [4.78, 5) is 25.5. The Bertz CT molecular complexity index is 595. The van der Waals surface area contributed by atoms with Crippen molar-refractivity contribution in [2.45, 2.75) is 51.8 Å². The lowest BCUT2D eigenvalue weighted by Gasteiger charge is -2.27. The first-order chi connectivity index (χ1) is 10.8. The van der Waals surface area contributed by atoms with Crippen LogP contribution in [-0.4, -0.2) is 47.2 Å². The molecule has 0 bridgehead atoms. The molecule has 6 heteroatoms. The molecule has 0 aromatic heterocycles. The van der Waals surface area contributed by atoms with Crippen molar-refractivity contribution in [2.75, 3.05) is 7.11 Å². The van der Waals surface area contributed by atoms with Crippen molar-refractivity contribution in [1.29, 1.82) is 0 Å². The summed E-state index contributed by atoms with van der Waals surface area (Å²) in [6, 6.07) is 4.08. The molecule has 1 atom stereocenters. The van der Waals surface area contributed by atoms with Gasteiger partial charge in [-0.1, -0.05) is 0 Å². The predicted octanol–water partition coefficient (Wildman–Crippen LogP) is 2.56. The van der Waals surface area contributed by atoms with Crippen molar-refractivity contribution < 1.29 is 24.2 Å². The third kappa shape index (κ3) is 3.94. The highest BCUT2D eigenvalue weighted by Crippen LogP contribution is 2.33. The van der Waals surface area contributed by atoms with Crippen LogP contribution in [0.3, 0.4) is 0 Å². The van der Waals surface area contributed by atoms with Crippen LogP contribution < -0.4 is 9.47 Å². The minimum Gasteiger partial charge on any atom is -0.493 e. The fraction of sp³-hybridized carbons (Fsp3) is 0.529. The average Bonchev–Trinajstić information content (AvgIpc) is 3.31. The number of benzene rings is 1. The van der Waals surface area contributed by atoms with E-state index >= 15 is 0 Å². The van der Waals surface area contributed by atoms with Crippen LogP contribution in [0.15, 0.2) is 18.2 Å². The first kappa shape index (κ1) is 17.1. The van der Waals surface area contributed by atoms with Crippen molar-refractivity contribution in [1.82, 2.24) is 4.90 Å². The molecule has 0 saturated heterocycles. The maximum absolute atomic E-state index is 12.7. The molecule has 2 rings (SSSR count). The molecule has 1 aromatic rings. The Morgan fingerprint density at radius 2 is 1.87 bits per heavy atom. The Labute approximate surface area is 136 Å². The van der Waals surface area contributed by atoms with Gasteiger partial charge in [0.15, 0.2) is 11.5 Å². The molecular formula is C17H23NO5. The molecule has 23 heavy (non-hydrogen) atoms. The van der Waals surface area contributed by atoms with Crippen LogP contribution >= 0.6 is 0 Å². The van der Waals surface area contributed by atoms with E-state index in [1.807, 2.05) is 13.8 Å². The van der Waals surface area contributed by atoms with Crippen LogP contribution in [0.1, 0.15) is 44.0 Å². The van der Waals surface area contributed by atoms with E-state index in [9.17, 15) is 14.7 Å². The standard InChI is InChI=1S/C17H23NO5/c1-10(2)23-14-8-5-12(9-15(14)22-4)16(19)18(13-6-7-13)11(3)17(20)21/h5,8-11,13H,6-7H2,1-4H3,(H,20,21). The number of ether oxygens (including phenoxy) is 2. The second-order valence-corrected chi connectivity index (χ2v) is 5.99. The molecule has 0 heterocycles. The summed E-state index contributed by atoms with van der Waals surface area (Å²) in [5.41, 5.74) is 0.401. The van der Waals surface area contributed by atoms with Crippen molar-refractivity contribution in [2.24, 2.45) is 0 Å². The topological polar surface area (TPSA) is 76.1 Å². The second kappa shape index (κ2) is 6.89. The van der Waals surface area contributed by atoms with E-state index < -0.39 is 12.0 Å². The Morgan fingerprint density at radius 1 is 1.22 bits per heavy atom. The molecule has 1 aliphatic rings. The summed E-state index contributed by atoms with van der Waals surface area (Å²) in [6.45, 7) is 5.34. The van der Waals surface area contributed by atoms with E-state index in [1.54, 1.807) is 18.2 Å². The largest absolute Gasteiger partial charge is 0.493 e. The minimum absolute atomic E-state index is 0.00573. The van der Waals surface area contributed by atoms with E-state index in [0.717, 1.165) is 12.8 Å². The summed E-state index contributed by atoms with van der Waals surface area (Å²) >= 11 is 0. The zero-order valence-electron chi connectivity index (χ0n) is 13.9. The van der Waals surface area contributed by atoms with Crippen LogP contribution in [0.4, 0.5) is 0 Å². The third-order valence-electron chi connectivity index (χ3n) is 3.72. The number of carboxylic acids is 1. The first-order valence-corrected chi connectivity index (χ1v) is 7.75. The van der Waals surface area contributed by atoms with Gasteiger partial charge in [0.25, 0.3) is 5.91 Å². The smallest absolute Gasteiger partial charge is 0.326 e. The van der Waals surface area contributed by atoms with Gasteiger partial charge in [0, 0.05) is 11.6 Å². The summed E-state index contributed by atoms with van der Waals surface area (Å²) in [7, 11) is 1.51. The van der Waals surface area contributed by atoms with Gasteiger partial charge in [0.2, 0.25) is 0 Å². The monoisotopic (exact) mass is 321 g/mol. The van der Waals surface area contributed by atoms with Crippen LogP contribution in [0.2, 0.25) is 0 Å². The van der Waals surface area contributed by atoms with Crippen LogP contribution in [0, 0.1) is 0 Å². The number of hydrogen-bond donors (Lipinski definition) is 1. The molecule has 1 amide bonds. The fourth-order valence-electron chi connectivity index (χ4n) is 2.43. The molecule has 1 N–H and O–H groups in total. The molecule has 0 spiro atoms. The molecular weight excluding hydrogens is 298 g/mol. The van der Waals surface area contributed by atoms with E-state index in [2.05, 4.69) is 0 Å². The molecule has 1 fully saturated rings. The number of carbonyl (C=O) groups excluding carboxylic acids is 1. The third-order valence-corrected chi connectivity index (χ3v) is 3.72. The van der Waals surface area contributed by atoms with Crippen molar-refractivity contribution >= 4 is 11.9 Å². The quantitative estimate of drug-likeness (QED) is 0.835. The number of carbonyl (C=O) groups is 2. The van der Waals surface area contributed by atoms with E-state index in [-0.39, 0.29) is 18.1 Å². The highest BCUT2D eigenvalue weighted by atomic mass is 16.5. The fourth-order valence-corrected chi connectivity index (χ4v) is 2.43. The highest BCUT2D eigenvalue weighted by Gasteiger charge is 2.38.